The molecule has 2 heteroatoms. The molecule has 0 amide bonds. The van der Waals surface area contributed by atoms with E-state index in [1.807, 2.05) is 0 Å². The number of hydrogen-bond acceptors (Lipinski definition) is 2. The summed E-state index contributed by atoms with van der Waals surface area (Å²) in [4.78, 5) is 0. The van der Waals surface area contributed by atoms with Gasteiger partial charge in [-0.05, 0) is 25.7 Å². The molecule has 0 aromatic rings. The maximum atomic E-state index is 6.49. The lowest BCUT2D eigenvalue weighted by Crippen LogP contribution is -2.45. The second kappa shape index (κ2) is 6.75. The maximum absolute atomic E-state index is 6.49. The van der Waals surface area contributed by atoms with Gasteiger partial charge in [-0.25, -0.2) is 0 Å². The van der Waals surface area contributed by atoms with Crippen LogP contribution < -0.4 is 5.73 Å². The van der Waals surface area contributed by atoms with Crippen molar-refractivity contribution in [3.63, 3.8) is 0 Å². The lowest BCUT2D eigenvalue weighted by Gasteiger charge is -2.30. The van der Waals surface area contributed by atoms with Crippen LogP contribution in [0.25, 0.3) is 0 Å². The first-order chi connectivity index (χ1) is 8.29. The zero-order chi connectivity index (χ0) is 12.0. The Hall–Kier alpha value is -0.0800. The normalized spacial score (nSPS) is 27.4. The summed E-state index contributed by atoms with van der Waals surface area (Å²) in [5, 5.41) is 0. The monoisotopic (exact) mass is 239 g/mol. The molecule has 2 fully saturated rings. The minimum Gasteiger partial charge on any atom is -0.376 e. The molecule has 2 aliphatic rings. The summed E-state index contributed by atoms with van der Waals surface area (Å²) in [5.74, 6) is 0. The summed E-state index contributed by atoms with van der Waals surface area (Å²) in [5.41, 5.74) is 6.48. The van der Waals surface area contributed by atoms with Crippen molar-refractivity contribution in [2.45, 2.75) is 88.7 Å². The van der Waals surface area contributed by atoms with Gasteiger partial charge in [-0.2, -0.15) is 0 Å². The molecule has 0 saturated heterocycles. The van der Waals surface area contributed by atoms with Gasteiger partial charge in [0.1, 0.15) is 0 Å². The lowest BCUT2D eigenvalue weighted by molar-refractivity contribution is 0.00764. The van der Waals surface area contributed by atoms with E-state index >= 15 is 0 Å². The molecule has 2 rings (SSSR count). The smallest absolute Gasteiger partial charge is 0.0649 e. The van der Waals surface area contributed by atoms with E-state index in [9.17, 15) is 0 Å². The summed E-state index contributed by atoms with van der Waals surface area (Å²) in [6.07, 6.45) is 16.2. The topological polar surface area (TPSA) is 35.2 Å². The first-order valence-corrected chi connectivity index (χ1v) is 7.69. The van der Waals surface area contributed by atoms with Crippen LogP contribution in [0, 0.1) is 0 Å². The average molecular weight is 239 g/mol. The summed E-state index contributed by atoms with van der Waals surface area (Å²) in [6, 6.07) is 0. The third-order valence-corrected chi connectivity index (χ3v) is 4.51. The van der Waals surface area contributed by atoms with E-state index < -0.39 is 0 Å². The van der Waals surface area contributed by atoms with Gasteiger partial charge in [-0.15, -0.1) is 0 Å². The van der Waals surface area contributed by atoms with E-state index in [1.165, 1.54) is 77.0 Å². The molecule has 2 saturated carbocycles. The van der Waals surface area contributed by atoms with Crippen LogP contribution in [-0.4, -0.2) is 18.2 Å². The second-order valence-electron chi connectivity index (χ2n) is 6.20. The fraction of sp³-hybridized carbons (Fsp3) is 1.00. The molecule has 2 aliphatic carbocycles. The first kappa shape index (κ1) is 13.4. The van der Waals surface area contributed by atoms with Crippen LogP contribution in [0.5, 0.6) is 0 Å². The predicted octanol–water partition coefficient (Wildman–Crippen LogP) is 3.78. The summed E-state index contributed by atoms with van der Waals surface area (Å²) in [7, 11) is 0. The van der Waals surface area contributed by atoms with Crippen LogP contribution in [-0.2, 0) is 4.74 Å². The molecule has 2 N–H and O–H groups in total. The fourth-order valence-corrected chi connectivity index (χ4v) is 3.27. The Balaban J connectivity index is 1.74. The number of hydrogen-bond donors (Lipinski definition) is 1. The van der Waals surface area contributed by atoms with E-state index in [0.717, 1.165) is 6.61 Å². The van der Waals surface area contributed by atoms with Crippen molar-refractivity contribution in [2.75, 3.05) is 6.61 Å². The van der Waals surface area contributed by atoms with E-state index in [0.29, 0.717) is 6.10 Å². The first-order valence-electron chi connectivity index (χ1n) is 7.69. The molecule has 17 heavy (non-hydrogen) atoms. The summed E-state index contributed by atoms with van der Waals surface area (Å²) < 4.78 is 6.14. The van der Waals surface area contributed by atoms with Crippen molar-refractivity contribution in [1.29, 1.82) is 0 Å². The van der Waals surface area contributed by atoms with E-state index in [2.05, 4.69) is 0 Å². The van der Waals surface area contributed by atoms with E-state index in [-0.39, 0.29) is 5.54 Å². The van der Waals surface area contributed by atoms with Gasteiger partial charge in [0, 0.05) is 5.54 Å². The fourth-order valence-electron chi connectivity index (χ4n) is 3.27. The maximum Gasteiger partial charge on any atom is 0.0649 e. The molecule has 100 valence electrons. The molecule has 0 unspecified atom stereocenters. The Morgan fingerprint density at radius 1 is 0.824 bits per heavy atom. The summed E-state index contributed by atoms with van der Waals surface area (Å²) in [6.45, 7) is 0.803. The Kier molecular flexibility index (Phi) is 5.30. The largest absolute Gasteiger partial charge is 0.376 e. The van der Waals surface area contributed by atoms with E-state index in [1.54, 1.807) is 0 Å². The number of nitrogens with two attached hydrogens (primary N) is 1. The van der Waals surface area contributed by atoms with Crippen LogP contribution >= 0.6 is 0 Å². The van der Waals surface area contributed by atoms with Crippen LogP contribution in [0.3, 0.4) is 0 Å². The number of rotatable bonds is 3. The van der Waals surface area contributed by atoms with Gasteiger partial charge in [0.2, 0.25) is 0 Å². The molecule has 0 radical (unpaired) electrons. The highest BCUT2D eigenvalue weighted by molar-refractivity contribution is 4.86. The quantitative estimate of drug-likeness (QED) is 0.761. The van der Waals surface area contributed by atoms with Gasteiger partial charge >= 0.3 is 0 Å². The van der Waals surface area contributed by atoms with Crippen molar-refractivity contribution in [3.8, 4) is 0 Å². The van der Waals surface area contributed by atoms with Crippen molar-refractivity contribution in [3.05, 3.63) is 0 Å². The number of ether oxygens (including phenoxy) is 1. The second-order valence-corrected chi connectivity index (χ2v) is 6.20. The highest BCUT2D eigenvalue weighted by atomic mass is 16.5. The van der Waals surface area contributed by atoms with Gasteiger partial charge < -0.3 is 10.5 Å². The highest BCUT2D eigenvalue weighted by Gasteiger charge is 2.27. The molecule has 0 heterocycles. The molecule has 2 nitrogen and oxygen atoms in total. The third kappa shape index (κ3) is 4.59. The molecular formula is C15H29NO. The molecule has 0 bridgehead atoms. The standard InChI is InChI=1S/C15H29NO/c16-15(11-7-3-4-8-12-15)13-17-14-9-5-1-2-6-10-14/h14H,1-13,16H2. The van der Waals surface area contributed by atoms with Crippen LogP contribution in [0.4, 0.5) is 0 Å². The van der Waals surface area contributed by atoms with Gasteiger partial charge in [0.15, 0.2) is 0 Å². The third-order valence-electron chi connectivity index (χ3n) is 4.51. The average Bonchev–Trinajstić information content (AvgIpc) is 2.69. The molecule has 0 spiro atoms. The zero-order valence-electron chi connectivity index (χ0n) is 11.3. The van der Waals surface area contributed by atoms with Crippen molar-refractivity contribution in [2.24, 2.45) is 5.73 Å². The van der Waals surface area contributed by atoms with Gasteiger partial charge in [-0.3, -0.25) is 0 Å². The zero-order valence-corrected chi connectivity index (χ0v) is 11.3. The minimum absolute atomic E-state index is 0.0111. The summed E-state index contributed by atoms with van der Waals surface area (Å²) >= 11 is 0. The van der Waals surface area contributed by atoms with Crippen molar-refractivity contribution in [1.82, 2.24) is 0 Å². The minimum atomic E-state index is -0.0111. The molecular weight excluding hydrogens is 210 g/mol. The van der Waals surface area contributed by atoms with Crippen LogP contribution in [0.2, 0.25) is 0 Å². The van der Waals surface area contributed by atoms with Crippen molar-refractivity contribution < 1.29 is 4.74 Å². The Morgan fingerprint density at radius 3 is 1.94 bits per heavy atom. The molecule has 0 aliphatic heterocycles. The van der Waals surface area contributed by atoms with E-state index in [4.69, 9.17) is 10.5 Å². The Morgan fingerprint density at radius 2 is 1.35 bits per heavy atom. The van der Waals surface area contributed by atoms with Gasteiger partial charge in [-0.1, -0.05) is 51.4 Å². The van der Waals surface area contributed by atoms with Crippen LogP contribution in [0.15, 0.2) is 0 Å². The predicted molar refractivity (Wildman–Crippen MR) is 72.1 cm³/mol. The highest BCUT2D eigenvalue weighted by Crippen LogP contribution is 2.27. The van der Waals surface area contributed by atoms with Gasteiger partial charge in [0.05, 0.1) is 12.7 Å². The molecule has 0 atom stereocenters. The molecule has 0 aromatic heterocycles. The SMILES string of the molecule is NC1(COC2CCCCCC2)CCCCCC1. The van der Waals surface area contributed by atoms with Gasteiger partial charge in [0.25, 0.3) is 0 Å². The molecule has 0 aromatic carbocycles. The Bertz CT molecular complexity index is 201. The Labute approximate surface area is 106 Å². The van der Waals surface area contributed by atoms with Crippen LogP contribution in [0.1, 0.15) is 77.0 Å². The van der Waals surface area contributed by atoms with Crippen molar-refractivity contribution >= 4 is 0 Å². The lowest BCUT2D eigenvalue weighted by atomic mass is 9.92.